The van der Waals surface area contributed by atoms with Crippen LogP contribution in [-0.4, -0.2) is 18.9 Å². The van der Waals surface area contributed by atoms with Crippen LogP contribution in [0.25, 0.3) is 110 Å². The zero-order chi connectivity index (χ0) is 35.5. The molecule has 55 heavy (non-hydrogen) atoms. The number of rotatable bonds is 2. The highest BCUT2D eigenvalue weighted by Gasteiger charge is 2.48. The van der Waals surface area contributed by atoms with Gasteiger partial charge in [-0.3, -0.25) is 4.57 Å². The molecule has 1 saturated carbocycles. The van der Waals surface area contributed by atoms with E-state index in [4.69, 9.17) is 9.97 Å². The van der Waals surface area contributed by atoms with Gasteiger partial charge in [-0.05, 0) is 64.2 Å². The molecule has 254 valence electrons. The quantitative estimate of drug-likeness (QED) is 0.180. The Hall–Kier alpha value is -7.04. The summed E-state index contributed by atoms with van der Waals surface area (Å²) in [5, 5.41) is 12.5. The summed E-state index contributed by atoms with van der Waals surface area (Å²) < 4.78 is 5.07. The molecule has 4 heterocycles. The van der Waals surface area contributed by atoms with E-state index >= 15 is 0 Å². The maximum absolute atomic E-state index is 5.78. The van der Waals surface area contributed by atoms with Gasteiger partial charge in [0.05, 0.1) is 33.3 Å². The lowest BCUT2D eigenvalue weighted by atomic mass is 9.89. The highest BCUT2D eigenvalue weighted by molar-refractivity contribution is 6.35. The Balaban J connectivity index is 1.24. The predicted octanol–water partition coefficient (Wildman–Crippen LogP) is 12.9. The third-order valence-corrected chi connectivity index (χ3v) is 12.9. The molecule has 4 nitrogen and oxygen atoms in total. The second-order valence-corrected chi connectivity index (χ2v) is 15.7. The van der Waals surface area contributed by atoms with Crippen molar-refractivity contribution < 1.29 is 0 Å². The molecule has 0 N–H and O–H groups in total. The zero-order valence-electron chi connectivity index (χ0n) is 29.7. The molecule has 0 aliphatic heterocycles. The van der Waals surface area contributed by atoms with Gasteiger partial charge in [-0.2, -0.15) is 0 Å². The molecule has 2 aliphatic carbocycles. The Bertz CT molecular complexity index is 3660. The zero-order valence-corrected chi connectivity index (χ0v) is 29.7. The van der Waals surface area contributed by atoms with E-state index in [1.165, 1.54) is 98.1 Å². The monoisotopic (exact) mass is 698 g/mol. The average molecular weight is 699 g/mol. The lowest BCUT2D eigenvalue weighted by Crippen LogP contribution is -2.11. The van der Waals surface area contributed by atoms with Crippen LogP contribution in [0.1, 0.15) is 29.4 Å². The van der Waals surface area contributed by atoms with Gasteiger partial charge in [0.1, 0.15) is 5.82 Å². The van der Waals surface area contributed by atoms with Crippen LogP contribution in [0.3, 0.4) is 0 Å². The van der Waals surface area contributed by atoms with Gasteiger partial charge in [-0.15, -0.1) is 0 Å². The summed E-state index contributed by atoms with van der Waals surface area (Å²) in [5.74, 6) is 2.61. The largest absolute Gasteiger partial charge is 0.308 e. The number of hydrogen-bond acceptors (Lipinski definition) is 2. The van der Waals surface area contributed by atoms with Crippen molar-refractivity contribution in [2.75, 3.05) is 0 Å². The highest BCUT2D eigenvalue weighted by atomic mass is 15.1. The first-order valence-corrected chi connectivity index (χ1v) is 19.3. The van der Waals surface area contributed by atoms with E-state index in [0.717, 1.165) is 29.3 Å². The topological polar surface area (TPSA) is 35.1 Å². The average Bonchev–Trinajstić information content (AvgIpc) is 3.75. The van der Waals surface area contributed by atoms with Crippen LogP contribution in [0.2, 0.25) is 0 Å². The predicted molar refractivity (Wildman–Crippen MR) is 227 cm³/mol. The first-order chi connectivity index (χ1) is 27.3. The van der Waals surface area contributed by atoms with Gasteiger partial charge >= 0.3 is 0 Å². The molecular weight excluding hydrogens is 669 g/mol. The third-order valence-electron chi connectivity index (χ3n) is 12.9. The van der Waals surface area contributed by atoms with Crippen molar-refractivity contribution in [2.45, 2.75) is 18.3 Å². The van der Waals surface area contributed by atoms with E-state index in [0.29, 0.717) is 11.8 Å². The molecule has 2 atom stereocenters. The maximum atomic E-state index is 5.78. The number of benzene rings is 8. The number of hydrogen-bond donors (Lipinski definition) is 0. The summed E-state index contributed by atoms with van der Waals surface area (Å²) in [7, 11) is 0. The van der Waals surface area contributed by atoms with Crippen molar-refractivity contribution in [3.63, 3.8) is 0 Å². The first kappa shape index (κ1) is 28.5. The molecule has 4 heteroatoms. The van der Waals surface area contributed by atoms with Gasteiger partial charge in [-0.1, -0.05) is 133 Å². The molecule has 2 aliphatic rings. The number of fused-ring (bicyclic) bond motifs is 19. The molecule has 0 radical (unpaired) electrons. The SMILES string of the molecule is c1ccc2c(c1)-c1nc(-c3ccc4ccccc4c3)nc(-n3c4c5ccccc5ccc4c4cc5c6ccccc6n6c7ccccc7c(c43)c56)c1C1CC21. The van der Waals surface area contributed by atoms with Crippen LogP contribution in [0.5, 0.6) is 0 Å². The molecule has 1 fully saturated rings. The molecule has 0 bridgehead atoms. The normalized spacial score (nSPS) is 16.3. The van der Waals surface area contributed by atoms with Crippen molar-refractivity contribution in [1.82, 2.24) is 18.9 Å². The highest BCUT2D eigenvalue weighted by Crippen LogP contribution is 2.63. The van der Waals surface area contributed by atoms with Crippen LogP contribution in [0, 0.1) is 0 Å². The van der Waals surface area contributed by atoms with E-state index in [-0.39, 0.29) is 0 Å². The maximum Gasteiger partial charge on any atom is 0.162 e. The Morgan fingerprint density at radius 3 is 2.05 bits per heavy atom. The van der Waals surface area contributed by atoms with Gasteiger partial charge in [0.2, 0.25) is 0 Å². The summed E-state index contributed by atoms with van der Waals surface area (Å²) in [6, 6.07) is 58.0. The molecule has 4 aromatic heterocycles. The van der Waals surface area contributed by atoms with Gasteiger partial charge < -0.3 is 4.40 Å². The van der Waals surface area contributed by atoms with E-state index in [2.05, 4.69) is 167 Å². The molecule has 8 aromatic carbocycles. The number of para-hydroxylation sites is 2. The molecule has 0 spiro atoms. The van der Waals surface area contributed by atoms with Gasteiger partial charge in [0.25, 0.3) is 0 Å². The van der Waals surface area contributed by atoms with E-state index in [1.807, 2.05) is 0 Å². The molecular formula is C51H30N4. The minimum atomic E-state index is 0.365. The molecule has 0 amide bonds. The first-order valence-electron chi connectivity index (χ1n) is 19.3. The van der Waals surface area contributed by atoms with Crippen LogP contribution in [0.15, 0.2) is 158 Å². The van der Waals surface area contributed by atoms with Gasteiger partial charge in [0.15, 0.2) is 5.82 Å². The summed E-state index contributed by atoms with van der Waals surface area (Å²) in [4.78, 5) is 11.3. The Kier molecular flexibility index (Phi) is 5.14. The van der Waals surface area contributed by atoms with Crippen molar-refractivity contribution >= 4 is 81.4 Å². The van der Waals surface area contributed by atoms with E-state index in [9.17, 15) is 0 Å². The third kappa shape index (κ3) is 3.53. The second kappa shape index (κ2) is 9.93. The summed E-state index contributed by atoms with van der Waals surface area (Å²) in [6.07, 6.45) is 1.11. The fraction of sp³-hybridized carbons (Fsp3) is 0.0588. The van der Waals surface area contributed by atoms with E-state index < -0.39 is 0 Å². The number of nitrogens with zero attached hydrogens (tertiary/aromatic N) is 4. The van der Waals surface area contributed by atoms with E-state index in [1.54, 1.807) is 0 Å². The molecule has 12 aromatic rings. The Morgan fingerprint density at radius 2 is 1.16 bits per heavy atom. The van der Waals surface area contributed by atoms with Gasteiger partial charge in [-0.25, -0.2) is 9.97 Å². The fourth-order valence-corrected chi connectivity index (χ4v) is 10.5. The standard InChI is InChI=1S/C51H30N4/c1-2-13-30-25-31(22-21-28(30)11-1)50-52-46-35-17-6-5-15-33(35)38-26-39(38)44(46)51(53-50)55-47-32-14-4-3-12-29(32)23-24-36(47)41-27-40-34-16-7-9-19-42(34)54-43-20-10-8-18-37(43)45(48(40)54)49(41)55/h1-25,27,38-39H,26H2. The lowest BCUT2D eigenvalue weighted by Gasteiger charge is -2.23. The van der Waals surface area contributed by atoms with Crippen molar-refractivity contribution in [3.8, 4) is 28.5 Å². The molecule has 2 unspecified atom stereocenters. The number of aromatic nitrogens is 4. The lowest BCUT2D eigenvalue weighted by molar-refractivity contribution is 0.925. The summed E-state index contributed by atoms with van der Waals surface area (Å²) in [6.45, 7) is 0. The smallest absolute Gasteiger partial charge is 0.162 e. The fourth-order valence-electron chi connectivity index (χ4n) is 10.5. The molecule has 14 rings (SSSR count). The summed E-state index contributed by atoms with van der Waals surface area (Å²) >= 11 is 0. The molecule has 0 saturated heterocycles. The minimum absolute atomic E-state index is 0.365. The van der Waals surface area contributed by atoms with Crippen molar-refractivity contribution in [1.29, 1.82) is 0 Å². The van der Waals surface area contributed by atoms with Crippen molar-refractivity contribution in [2.24, 2.45) is 0 Å². The van der Waals surface area contributed by atoms with Crippen LogP contribution >= 0.6 is 0 Å². The Morgan fingerprint density at radius 1 is 0.473 bits per heavy atom. The van der Waals surface area contributed by atoms with Crippen LogP contribution < -0.4 is 0 Å². The van der Waals surface area contributed by atoms with Crippen LogP contribution in [-0.2, 0) is 0 Å². The summed E-state index contributed by atoms with van der Waals surface area (Å²) in [5.41, 5.74) is 12.2. The minimum Gasteiger partial charge on any atom is -0.308 e. The second-order valence-electron chi connectivity index (χ2n) is 15.7. The van der Waals surface area contributed by atoms with Gasteiger partial charge in [0, 0.05) is 54.4 Å². The Labute approximate surface area is 314 Å². The van der Waals surface area contributed by atoms with Crippen LogP contribution in [0.4, 0.5) is 0 Å². The van der Waals surface area contributed by atoms with Crippen molar-refractivity contribution in [3.05, 3.63) is 169 Å².